The zero-order valence-electron chi connectivity index (χ0n) is 16.5. The van der Waals surface area contributed by atoms with Crippen molar-refractivity contribution in [1.82, 2.24) is 4.31 Å². The van der Waals surface area contributed by atoms with E-state index >= 15 is 0 Å². The molecule has 1 aliphatic rings. The van der Waals surface area contributed by atoms with Crippen molar-refractivity contribution in [3.05, 3.63) is 58.1 Å². The van der Waals surface area contributed by atoms with E-state index in [0.29, 0.717) is 25.4 Å². The Kier molecular flexibility index (Phi) is 6.68. The first kappa shape index (κ1) is 21.7. The Morgan fingerprint density at radius 2 is 1.80 bits per heavy atom. The Bertz CT molecular complexity index is 1030. The number of benzene rings is 2. The van der Waals surface area contributed by atoms with Gasteiger partial charge in [-0.05, 0) is 56.2 Å². The lowest BCUT2D eigenvalue weighted by molar-refractivity contribution is -0.384. The predicted molar refractivity (Wildman–Crippen MR) is 111 cm³/mol. The summed E-state index contributed by atoms with van der Waals surface area (Å²) >= 11 is 0. The zero-order valence-corrected chi connectivity index (χ0v) is 17.4. The molecular weight excluding hydrogens is 410 g/mol. The maximum absolute atomic E-state index is 12.7. The first-order chi connectivity index (χ1) is 14.3. The van der Waals surface area contributed by atoms with Gasteiger partial charge in [0.25, 0.3) is 11.6 Å². The van der Waals surface area contributed by atoms with Gasteiger partial charge in [0.15, 0.2) is 0 Å². The molecule has 1 fully saturated rings. The third kappa shape index (κ3) is 4.77. The minimum atomic E-state index is -3.59. The van der Waals surface area contributed by atoms with Crippen LogP contribution in [0.3, 0.4) is 0 Å². The molecule has 3 rings (SSSR count). The number of ether oxygens (including phenoxy) is 1. The molecule has 2 aromatic rings. The van der Waals surface area contributed by atoms with E-state index in [0.717, 1.165) is 19.3 Å². The van der Waals surface area contributed by atoms with Crippen molar-refractivity contribution in [2.24, 2.45) is 0 Å². The van der Waals surface area contributed by atoms with Crippen LogP contribution in [0.2, 0.25) is 0 Å². The van der Waals surface area contributed by atoms with E-state index in [1.54, 1.807) is 6.92 Å². The fraction of sp³-hybridized carbons (Fsp3) is 0.350. The van der Waals surface area contributed by atoms with Gasteiger partial charge in [-0.15, -0.1) is 0 Å². The van der Waals surface area contributed by atoms with Crippen LogP contribution in [0.1, 0.15) is 36.5 Å². The van der Waals surface area contributed by atoms with E-state index in [1.807, 2.05) is 0 Å². The summed E-state index contributed by atoms with van der Waals surface area (Å²) < 4.78 is 32.1. The first-order valence-electron chi connectivity index (χ1n) is 9.65. The summed E-state index contributed by atoms with van der Waals surface area (Å²) in [6.45, 7) is 3.10. The smallest absolute Gasteiger partial charge is 0.296 e. The Hall–Kier alpha value is -2.98. The molecule has 9 nitrogen and oxygen atoms in total. The number of sulfonamides is 1. The van der Waals surface area contributed by atoms with Gasteiger partial charge in [0, 0.05) is 18.7 Å². The number of nitro groups is 1. The van der Waals surface area contributed by atoms with Crippen LogP contribution in [0.15, 0.2) is 47.4 Å². The fourth-order valence-electron chi connectivity index (χ4n) is 3.25. The third-order valence-corrected chi connectivity index (χ3v) is 6.71. The molecule has 0 aliphatic carbocycles. The average molecular weight is 433 g/mol. The second-order valence-corrected chi connectivity index (χ2v) is 8.75. The highest BCUT2D eigenvalue weighted by Gasteiger charge is 2.26. The molecule has 1 heterocycles. The summed E-state index contributed by atoms with van der Waals surface area (Å²) in [5.74, 6) is -0.251. The second kappa shape index (κ2) is 9.23. The molecule has 0 aromatic heterocycles. The number of rotatable bonds is 7. The molecule has 1 N–H and O–H groups in total. The molecule has 10 heteroatoms. The lowest BCUT2D eigenvalue weighted by Crippen LogP contribution is -2.35. The number of nitro benzene ring substituents is 1. The Morgan fingerprint density at radius 1 is 1.13 bits per heavy atom. The van der Waals surface area contributed by atoms with Crippen LogP contribution < -0.4 is 10.1 Å². The van der Waals surface area contributed by atoms with Crippen molar-refractivity contribution in [2.75, 3.05) is 25.0 Å². The molecule has 1 saturated heterocycles. The number of piperidine rings is 1. The number of hydrogen-bond acceptors (Lipinski definition) is 6. The summed E-state index contributed by atoms with van der Waals surface area (Å²) in [6, 6.07) is 9.72. The van der Waals surface area contributed by atoms with Crippen molar-refractivity contribution in [2.45, 2.75) is 31.1 Å². The second-order valence-electron chi connectivity index (χ2n) is 6.81. The van der Waals surface area contributed by atoms with Gasteiger partial charge in [-0.2, -0.15) is 4.31 Å². The average Bonchev–Trinajstić information content (AvgIpc) is 2.75. The van der Waals surface area contributed by atoms with Gasteiger partial charge in [0.05, 0.1) is 22.5 Å². The van der Waals surface area contributed by atoms with Crippen LogP contribution in [-0.2, 0) is 10.0 Å². The minimum absolute atomic E-state index is 0.0264. The standard InChI is InChI=1S/C20H23N3O6S/c1-2-29-16-8-11-18(19(14-16)23(25)26)21-20(24)15-6-9-17(10-7-15)30(27,28)22-12-4-3-5-13-22/h6-11,14H,2-5,12-13H2,1H3,(H,21,24). The number of anilines is 1. The molecule has 0 atom stereocenters. The summed E-state index contributed by atoms with van der Waals surface area (Å²) in [7, 11) is -3.59. The third-order valence-electron chi connectivity index (χ3n) is 4.79. The van der Waals surface area contributed by atoms with E-state index in [-0.39, 0.29) is 21.8 Å². The SMILES string of the molecule is CCOc1ccc(NC(=O)c2ccc(S(=O)(=O)N3CCCCC3)cc2)c([N+](=O)[O-])c1. The summed E-state index contributed by atoms with van der Waals surface area (Å²) in [4.78, 5) is 23.4. The Morgan fingerprint density at radius 3 is 2.40 bits per heavy atom. The lowest BCUT2D eigenvalue weighted by atomic mass is 10.2. The van der Waals surface area contributed by atoms with Gasteiger partial charge in [-0.1, -0.05) is 6.42 Å². The Balaban J connectivity index is 1.77. The van der Waals surface area contributed by atoms with Gasteiger partial charge in [-0.3, -0.25) is 14.9 Å². The Labute approximate surface area is 174 Å². The first-order valence-corrected chi connectivity index (χ1v) is 11.1. The maximum atomic E-state index is 12.7. The van der Waals surface area contributed by atoms with Crippen LogP contribution in [-0.4, -0.2) is 43.2 Å². The molecule has 0 unspecified atom stereocenters. The van der Waals surface area contributed by atoms with E-state index < -0.39 is 20.9 Å². The van der Waals surface area contributed by atoms with Crippen LogP contribution >= 0.6 is 0 Å². The largest absolute Gasteiger partial charge is 0.494 e. The number of nitrogens with zero attached hydrogens (tertiary/aromatic N) is 2. The maximum Gasteiger partial charge on any atom is 0.296 e. The predicted octanol–water partition coefficient (Wildman–Crippen LogP) is 3.42. The fourth-order valence-corrected chi connectivity index (χ4v) is 4.77. The number of carbonyl (C=O) groups is 1. The van der Waals surface area contributed by atoms with Crippen LogP contribution in [0.4, 0.5) is 11.4 Å². The van der Waals surface area contributed by atoms with E-state index in [4.69, 9.17) is 4.74 Å². The van der Waals surface area contributed by atoms with Gasteiger partial charge in [0.2, 0.25) is 10.0 Å². The monoisotopic (exact) mass is 433 g/mol. The van der Waals surface area contributed by atoms with Gasteiger partial charge < -0.3 is 10.1 Å². The van der Waals surface area contributed by atoms with Gasteiger partial charge in [0.1, 0.15) is 11.4 Å². The summed E-state index contributed by atoms with van der Waals surface area (Å²) in [5.41, 5.74) is -0.0761. The van der Waals surface area contributed by atoms with Crippen molar-refractivity contribution in [3.63, 3.8) is 0 Å². The van der Waals surface area contributed by atoms with Crippen LogP contribution in [0.25, 0.3) is 0 Å². The van der Waals surface area contributed by atoms with E-state index in [2.05, 4.69) is 5.32 Å². The zero-order chi connectivity index (χ0) is 21.7. The molecule has 0 saturated carbocycles. The molecule has 0 spiro atoms. The lowest BCUT2D eigenvalue weighted by Gasteiger charge is -2.25. The number of nitrogens with one attached hydrogen (secondary N) is 1. The van der Waals surface area contributed by atoms with E-state index in [9.17, 15) is 23.3 Å². The molecule has 30 heavy (non-hydrogen) atoms. The quantitative estimate of drug-likeness (QED) is 0.528. The molecule has 0 bridgehead atoms. The summed E-state index contributed by atoms with van der Waals surface area (Å²) in [5, 5.41) is 13.8. The molecule has 2 aromatic carbocycles. The van der Waals surface area contributed by atoms with Crippen molar-refractivity contribution < 1.29 is 22.9 Å². The normalized spacial score (nSPS) is 14.8. The number of carbonyl (C=O) groups excluding carboxylic acids is 1. The minimum Gasteiger partial charge on any atom is -0.494 e. The van der Waals surface area contributed by atoms with Gasteiger partial charge >= 0.3 is 0 Å². The van der Waals surface area contributed by atoms with Crippen molar-refractivity contribution in [1.29, 1.82) is 0 Å². The molecule has 160 valence electrons. The van der Waals surface area contributed by atoms with Crippen LogP contribution in [0, 0.1) is 10.1 Å². The van der Waals surface area contributed by atoms with Crippen molar-refractivity contribution in [3.8, 4) is 5.75 Å². The molecular formula is C20H23N3O6S. The molecule has 1 amide bonds. The van der Waals surface area contributed by atoms with Crippen molar-refractivity contribution >= 4 is 27.3 Å². The highest BCUT2D eigenvalue weighted by molar-refractivity contribution is 7.89. The number of hydrogen-bond donors (Lipinski definition) is 1. The number of amides is 1. The highest BCUT2D eigenvalue weighted by atomic mass is 32.2. The van der Waals surface area contributed by atoms with Gasteiger partial charge in [-0.25, -0.2) is 8.42 Å². The topological polar surface area (TPSA) is 119 Å². The summed E-state index contributed by atoms with van der Waals surface area (Å²) in [6.07, 6.45) is 2.68. The van der Waals surface area contributed by atoms with Crippen LogP contribution in [0.5, 0.6) is 5.75 Å². The highest BCUT2D eigenvalue weighted by Crippen LogP contribution is 2.29. The molecule has 0 radical (unpaired) electrons. The molecule has 1 aliphatic heterocycles. The van der Waals surface area contributed by atoms with E-state index in [1.165, 1.54) is 46.8 Å².